The topological polar surface area (TPSA) is 87.7 Å². The third kappa shape index (κ3) is 3.46. The number of nitrogens with zero attached hydrogens (tertiary/aromatic N) is 5. The third-order valence-electron chi connectivity index (χ3n) is 6.44. The van der Waals surface area contributed by atoms with Crippen molar-refractivity contribution in [2.45, 2.75) is 51.4 Å². The number of H-pyrrole nitrogens is 1. The minimum Gasteiger partial charge on any atom is -0.326 e. The van der Waals surface area contributed by atoms with Crippen LogP contribution in [0.25, 0.3) is 11.4 Å². The smallest absolute Gasteiger partial charge is 0.326 e. The van der Waals surface area contributed by atoms with Gasteiger partial charge in [0.05, 0.1) is 28.7 Å². The number of aromatic nitrogens is 5. The fourth-order valence-electron chi connectivity index (χ4n) is 5.00. The summed E-state index contributed by atoms with van der Waals surface area (Å²) in [6.45, 7) is 3.71. The average molecular weight is 460 g/mol. The van der Waals surface area contributed by atoms with Crippen LogP contribution in [-0.2, 0) is 12.6 Å². The van der Waals surface area contributed by atoms with Gasteiger partial charge in [0.2, 0.25) is 0 Å². The van der Waals surface area contributed by atoms with Crippen molar-refractivity contribution < 1.29 is 22.4 Å². The Kier molecular flexibility index (Phi) is 4.95. The summed E-state index contributed by atoms with van der Waals surface area (Å²) < 4.78 is 54.4. The Morgan fingerprint density at radius 2 is 1.97 bits per heavy atom. The van der Waals surface area contributed by atoms with E-state index in [9.17, 15) is 22.4 Å². The maximum absolute atomic E-state index is 14.8. The van der Waals surface area contributed by atoms with Crippen LogP contribution in [0.2, 0.25) is 0 Å². The number of aromatic amines is 1. The molecule has 3 aromatic heterocycles. The van der Waals surface area contributed by atoms with Crippen LogP contribution >= 0.6 is 0 Å². The first kappa shape index (κ1) is 21.5. The molecule has 1 fully saturated rings. The zero-order valence-electron chi connectivity index (χ0n) is 17.8. The fraction of sp³-hybridized carbons (Fsp3) is 0.409. The van der Waals surface area contributed by atoms with Gasteiger partial charge in [0.25, 0.3) is 5.91 Å². The first-order valence-corrected chi connectivity index (χ1v) is 10.6. The highest BCUT2D eigenvalue weighted by Gasteiger charge is 2.47. The van der Waals surface area contributed by atoms with Gasteiger partial charge in [-0.2, -0.15) is 18.3 Å². The molecule has 1 N–H and O–H groups in total. The molecule has 0 unspecified atom stereocenters. The van der Waals surface area contributed by atoms with Crippen LogP contribution in [0.1, 0.15) is 58.9 Å². The second-order valence-electron chi connectivity index (χ2n) is 8.54. The quantitative estimate of drug-likeness (QED) is 0.578. The Morgan fingerprint density at radius 3 is 2.67 bits per heavy atom. The molecule has 2 aliphatic rings. The monoisotopic (exact) mass is 460 g/mol. The van der Waals surface area contributed by atoms with Crippen molar-refractivity contribution in [2.75, 3.05) is 0 Å². The molecule has 5 rings (SSSR count). The SMILES string of the molecule is Cc1nc(-c2ccn[nH]2)c2c(n1)[C@H]1[C@H](C)CC[C@@H](C2)N1C(=O)c1ccnc(C(F)(F)F)c1F. The Balaban J connectivity index is 1.63. The van der Waals surface area contributed by atoms with Crippen LogP contribution in [0.3, 0.4) is 0 Å². The molecule has 33 heavy (non-hydrogen) atoms. The molecule has 0 saturated carbocycles. The molecule has 2 bridgehead atoms. The van der Waals surface area contributed by atoms with Crippen molar-refractivity contribution in [3.8, 4) is 11.4 Å². The lowest BCUT2D eigenvalue weighted by Crippen LogP contribution is -2.53. The summed E-state index contributed by atoms with van der Waals surface area (Å²) in [7, 11) is 0. The van der Waals surface area contributed by atoms with Gasteiger partial charge in [0.1, 0.15) is 5.82 Å². The third-order valence-corrected chi connectivity index (χ3v) is 6.44. The standard InChI is InChI=1S/C22H20F4N6O/c1-10-3-4-12-9-14-17(15-6-8-28-31-15)29-11(2)30-18(14)19(10)32(12)21(33)13-5-7-27-20(16(13)23)22(24,25)26/h5-8,10,12,19H,3-4,9H2,1-2H3,(H,28,31)/t10-,12+,19-/m1/s1. The van der Waals surface area contributed by atoms with Crippen molar-refractivity contribution in [2.24, 2.45) is 5.92 Å². The summed E-state index contributed by atoms with van der Waals surface area (Å²) in [6.07, 6.45) is -0.699. The first-order valence-electron chi connectivity index (χ1n) is 10.6. The van der Waals surface area contributed by atoms with Gasteiger partial charge in [-0.05, 0) is 44.2 Å². The summed E-state index contributed by atoms with van der Waals surface area (Å²) in [4.78, 5) is 27.3. The van der Waals surface area contributed by atoms with Crippen molar-refractivity contribution in [1.29, 1.82) is 0 Å². The minimum absolute atomic E-state index is 0.0276. The van der Waals surface area contributed by atoms with Crippen LogP contribution in [-0.4, -0.2) is 42.0 Å². The summed E-state index contributed by atoms with van der Waals surface area (Å²) >= 11 is 0. The van der Waals surface area contributed by atoms with Crippen LogP contribution < -0.4 is 0 Å². The van der Waals surface area contributed by atoms with E-state index in [-0.39, 0.29) is 12.0 Å². The number of amides is 1. The average Bonchev–Trinajstić information content (AvgIpc) is 3.29. The van der Waals surface area contributed by atoms with Gasteiger partial charge in [-0.25, -0.2) is 19.3 Å². The number of piperidine rings is 1. The van der Waals surface area contributed by atoms with E-state index in [1.165, 1.54) is 4.90 Å². The van der Waals surface area contributed by atoms with Crippen molar-refractivity contribution >= 4 is 5.91 Å². The number of hydrogen-bond acceptors (Lipinski definition) is 5. The predicted molar refractivity (Wildman–Crippen MR) is 108 cm³/mol. The van der Waals surface area contributed by atoms with Gasteiger partial charge < -0.3 is 4.90 Å². The van der Waals surface area contributed by atoms with E-state index in [0.29, 0.717) is 30.1 Å². The second kappa shape index (κ2) is 7.60. The highest BCUT2D eigenvalue weighted by Crippen LogP contribution is 2.47. The lowest BCUT2D eigenvalue weighted by atomic mass is 9.76. The Labute approximate surface area is 186 Å². The number of rotatable bonds is 2. The molecule has 0 spiro atoms. The fourth-order valence-corrected chi connectivity index (χ4v) is 5.00. The maximum Gasteiger partial charge on any atom is 0.436 e. The lowest BCUT2D eigenvalue weighted by Gasteiger charge is -2.49. The molecular weight excluding hydrogens is 440 g/mol. The highest BCUT2D eigenvalue weighted by molar-refractivity contribution is 5.95. The van der Waals surface area contributed by atoms with Gasteiger partial charge in [-0.3, -0.25) is 9.89 Å². The molecule has 2 aliphatic heterocycles. The van der Waals surface area contributed by atoms with E-state index < -0.39 is 35.2 Å². The maximum atomic E-state index is 14.8. The number of hydrogen-bond donors (Lipinski definition) is 1. The number of fused-ring (bicyclic) bond motifs is 4. The van der Waals surface area contributed by atoms with Gasteiger partial charge in [-0.15, -0.1) is 0 Å². The lowest BCUT2D eigenvalue weighted by molar-refractivity contribution is -0.143. The zero-order chi connectivity index (χ0) is 23.5. The highest BCUT2D eigenvalue weighted by atomic mass is 19.4. The van der Waals surface area contributed by atoms with E-state index in [1.807, 2.05) is 6.92 Å². The second-order valence-corrected chi connectivity index (χ2v) is 8.54. The molecule has 7 nitrogen and oxygen atoms in total. The Morgan fingerprint density at radius 1 is 1.18 bits per heavy atom. The number of nitrogens with one attached hydrogen (secondary N) is 1. The molecule has 11 heteroatoms. The molecule has 3 atom stereocenters. The van der Waals surface area contributed by atoms with Crippen LogP contribution in [0, 0.1) is 18.7 Å². The van der Waals surface area contributed by atoms with Gasteiger partial charge in [0.15, 0.2) is 11.5 Å². The first-order chi connectivity index (χ1) is 15.7. The number of halogens is 4. The summed E-state index contributed by atoms with van der Waals surface area (Å²) in [5.41, 5.74) is 0.613. The number of aryl methyl sites for hydroxylation is 1. The van der Waals surface area contributed by atoms with Gasteiger partial charge >= 0.3 is 6.18 Å². The molecule has 0 radical (unpaired) electrons. The van der Waals surface area contributed by atoms with Gasteiger partial charge in [-0.1, -0.05) is 6.92 Å². The normalized spacial score (nSPS) is 22.2. The Bertz CT molecular complexity index is 1230. The molecule has 0 aromatic carbocycles. The number of alkyl halides is 3. The number of pyridine rings is 1. The molecule has 172 valence electrons. The molecule has 5 heterocycles. The summed E-state index contributed by atoms with van der Waals surface area (Å²) in [6, 6.07) is 1.97. The molecule has 3 aromatic rings. The van der Waals surface area contributed by atoms with Crippen LogP contribution in [0.4, 0.5) is 17.6 Å². The van der Waals surface area contributed by atoms with Crippen molar-refractivity contribution in [1.82, 2.24) is 30.0 Å². The number of carbonyl (C=O) groups excluding carboxylic acids is 1. The molecular formula is C22H20F4N6O. The minimum atomic E-state index is -5.00. The molecule has 1 amide bonds. The van der Waals surface area contributed by atoms with E-state index in [0.717, 1.165) is 29.9 Å². The summed E-state index contributed by atoms with van der Waals surface area (Å²) in [5.74, 6) is -1.97. The van der Waals surface area contributed by atoms with Crippen LogP contribution in [0.15, 0.2) is 24.5 Å². The van der Waals surface area contributed by atoms with Gasteiger partial charge in [0, 0.05) is 24.0 Å². The zero-order valence-corrected chi connectivity index (χ0v) is 17.8. The largest absolute Gasteiger partial charge is 0.436 e. The molecule has 1 saturated heterocycles. The molecule has 0 aliphatic carbocycles. The Hall–Kier alpha value is -3.37. The number of carbonyl (C=O) groups is 1. The van der Waals surface area contributed by atoms with Crippen molar-refractivity contribution in [3.05, 3.63) is 58.7 Å². The van der Waals surface area contributed by atoms with Crippen LogP contribution in [0.5, 0.6) is 0 Å². The van der Waals surface area contributed by atoms with Crippen molar-refractivity contribution in [3.63, 3.8) is 0 Å². The van der Waals surface area contributed by atoms with E-state index in [4.69, 9.17) is 0 Å². The van der Waals surface area contributed by atoms with E-state index in [1.54, 1.807) is 19.2 Å². The van der Waals surface area contributed by atoms with E-state index in [2.05, 4.69) is 25.1 Å². The summed E-state index contributed by atoms with van der Waals surface area (Å²) in [5, 5.41) is 6.91. The predicted octanol–water partition coefficient (Wildman–Crippen LogP) is 4.27. The van der Waals surface area contributed by atoms with E-state index >= 15 is 0 Å².